The predicted molar refractivity (Wildman–Crippen MR) is 96.4 cm³/mol. The molecule has 0 aliphatic carbocycles. The van der Waals surface area contributed by atoms with Crippen molar-refractivity contribution in [3.63, 3.8) is 0 Å². The Hall–Kier alpha value is -1.84. The van der Waals surface area contributed by atoms with Crippen LogP contribution in [0.5, 0.6) is 0 Å². The second kappa shape index (κ2) is 7.37. The summed E-state index contributed by atoms with van der Waals surface area (Å²) in [5.41, 5.74) is 2.03. The van der Waals surface area contributed by atoms with Crippen LogP contribution in [-0.4, -0.2) is 29.3 Å². The van der Waals surface area contributed by atoms with Crippen molar-refractivity contribution in [2.24, 2.45) is 11.3 Å². The number of carbonyl (C=O) groups is 2. The van der Waals surface area contributed by atoms with Crippen molar-refractivity contribution >= 4 is 11.8 Å². The molecule has 0 aromatic heterocycles. The number of hydrogen-bond acceptors (Lipinski definition) is 2. The summed E-state index contributed by atoms with van der Waals surface area (Å²) in [5.74, 6) is 0.311. The van der Waals surface area contributed by atoms with Gasteiger partial charge in [-0.25, -0.2) is 0 Å². The number of fused-ring (bicyclic) bond motifs is 1. The number of carbonyl (C=O) groups excluding carboxylic acids is 2. The number of benzene rings is 1. The first-order valence-electron chi connectivity index (χ1n) is 8.85. The molecule has 132 valence electrons. The maximum Gasteiger partial charge on any atom is 0.245 e. The molecule has 4 nitrogen and oxygen atoms in total. The summed E-state index contributed by atoms with van der Waals surface area (Å²) >= 11 is 0. The van der Waals surface area contributed by atoms with Crippen LogP contribution in [0, 0.1) is 11.3 Å². The zero-order valence-corrected chi connectivity index (χ0v) is 15.6. The minimum atomic E-state index is -0.496. The van der Waals surface area contributed by atoms with E-state index < -0.39 is 11.5 Å². The number of nitrogens with zero attached hydrogens (tertiary/aromatic N) is 1. The Balaban J connectivity index is 2.12. The third-order valence-corrected chi connectivity index (χ3v) is 4.43. The van der Waals surface area contributed by atoms with Crippen LogP contribution in [0.1, 0.15) is 52.2 Å². The van der Waals surface area contributed by atoms with Gasteiger partial charge in [0.25, 0.3) is 0 Å². The Morgan fingerprint density at radius 3 is 2.38 bits per heavy atom. The highest BCUT2D eigenvalue weighted by atomic mass is 16.2. The SMILES string of the molecule is CC(C)C[C@@H](NC(=O)C(C)(C)C)C(=O)N1CCc2ccccc2C1. The van der Waals surface area contributed by atoms with E-state index in [0.29, 0.717) is 18.9 Å². The second-order valence-corrected chi connectivity index (χ2v) is 8.18. The van der Waals surface area contributed by atoms with Crippen molar-refractivity contribution in [3.05, 3.63) is 35.4 Å². The van der Waals surface area contributed by atoms with E-state index in [4.69, 9.17) is 0 Å². The highest BCUT2D eigenvalue weighted by molar-refractivity contribution is 5.89. The van der Waals surface area contributed by atoms with Gasteiger partial charge in [-0.15, -0.1) is 0 Å². The first-order chi connectivity index (χ1) is 11.2. The van der Waals surface area contributed by atoms with Crippen LogP contribution in [0.4, 0.5) is 0 Å². The van der Waals surface area contributed by atoms with Gasteiger partial charge >= 0.3 is 0 Å². The fourth-order valence-electron chi connectivity index (χ4n) is 2.97. The molecule has 1 N–H and O–H groups in total. The highest BCUT2D eigenvalue weighted by Crippen LogP contribution is 2.21. The maximum atomic E-state index is 13.0. The van der Waals surface area contributed by atoms with Gasteiger partial charge in [0.1, 0.15) is 6.04 Å². The first-order valence-corrected chi connectivity index (χ1v) is 8.85. The van der Waals surface area contributed by atoms with Crippen molar-refractivity contribution < 1.29 is 9.59 Å². The smallest absolute Gasteiger partial charge is 0.245 e. The van der Waals surface area contributed by atoms with Gasteiger partial charge in [0, 0.05) is 18.5 Å². The molecule has 1 aromatic carbocycles. The molecular formula is C20H30N2O2. The van der Waals surface area contributed by atoms with Crippen molar-refractivity contribution in [1.82, 2.24) is 10.2 Å². The lowest BCUT2D eigenvalue weighted by Gasteiger charge is -2.33. The summed E-state index contributed by atoms with van der Waals surface area (Å²) < 4.78 is 0. The van der Waals surface area contributed by atoms with Crippen LogP contribution in [0.2, 0.25) is 0 Å². The minimum Gasteiger partial charge on any atom is -0.344 e. The number of hydrogen-bond donors (Lipinski definition) is 1. The molecule has 1 heterocycles. The summed E-state index contributed by atoms with van der Waals surface area (Å²) in [4.78, 5) is 27.3. The predicted octanol–water partition coefficient (Wildman–Crippen LogP) is 3.15. The number of amides is 2. The van der Waals surface area contributed by atoms with Crippen LogP contribution in [0.15, 0.2) is 24.3 Å². The van der Waals surface area contributed by atoms with Gasteiger partial charge in [-0.3, -0.25) is 9.59 Å². The maximum absolute atomic E-state index is 13.0. The lowest BCUT2D eigenvalue weighted by molar-refractivity contribution is -0.139. The molecular weight excluding hydrogens is 300 g/mol. The second-order valence-electron chi connectivity index (χ2n) is 8.18. The molecule has 4 heteroatoms. The van der Waals surface area contributed by atoms with E-state index in [1.807, 2.05) is 37.8 Å². The van der Waals surface area contributed by atoms with Crippen LogP contribution >= 0.6 is 0 Å². The van der Waals surface area contributed by atoms with Crippen molar-refractivity contribution in [3.8, 4) is 0 Å². The van der Waals surface area contributed by atoms with Crippen LogP contribution in [0.25, 0.3) is 0 Å². The molecule has 24 heavy (non-hydrogen) atoms. The van der Waals surface area contributed by atoms with Gasteiger partial charge in [-0.2, -0.15) is 0 Å². The molecule has 0 saturated carbocycles. The highest BCUT2D eigenvalue weighted by Gasteiger charge is 2.31. The van der Waals surface area contributed by atoms with Gasteiger partial charge < -0.3 is 10.2 Å². The van der Waals surface area contributed by atoms with E-state index in [1.165, 1.54) is 11.1 Å². The summed E-state index contributed by atoms with van der Waals surface area (Å²) in [6.07, 6.45) is 1.54. The lowest BCUT2D eigenvalue weighted by Crippen LogP contribution is -2.52. The average molecular weight is 330 g/mol. The molecule has 1 atom stereocenters. The van der Waals surface area contributed by atoms with Gasteiger partial charge in [-0.1, -0.05) is 58.9 Å². The zero-order valence-electron chi connectivity index (χ0n) is 15.6. The molecule has 0 radical (unpaired) electrons. The van der Waals surface area contributed by atoms with Crippen LogP contribution in [0.3, 0.4) is 0 Å². The fourth-order valence-corrected chi connectivity index (χ4v) is 2.97. The molecule has 0 fully saturated rings. The zero-order chi connectivity index (χ0) is 17.9. The van der Waals surface area contributed by atoms with E-state index in [0.717, 1.165) is 13.0 Å². The Labute approximate surface area is 145 Å². The molecule has 0 spiro atoms. The summed E-state index contributed by atoms with van der Waals surface area (Å²) in [6, 6.07) is 7.83. The summed E-state index contributed by atoms with van der Waals surface area (Å²) in [6.45, 7) is 11.1. The Morgan fingerprint density at radius 2 is 1.79 bits per heavy atom. The van der Waals surface area contributed by atoms with Crippen molar-refractivity contribution in [2.45, 2.75) is 60.0 Å². The largest absolute Gasteiger partial charge is 0.344 e. The molecule has 2 rings (SSSR count). The molecule has 1 aliphatic rings. The third-order valence-electron chi connectivity index (χ3n) is 4.43. The van der Waals surface area contributed by atoms with Gasteiger partial charge in [0.2, 0.25) is 11.8 Å². The van der Waals surface area contributed by atoms with E-state index >= 15 is 0 Å². The van der Waals surface area contributed by atoms with E-state index in [-0.39, 0.29) is 11.8 Å². The average Bonchev–Trinajstić information content (AvgIpc) is 2.51. The van der Waals surface area contributed by atoms with Crippen molar-refractivity contribution in [2.75, 3.05) is 6.54 Å². The topological polar surface area (TPSA) is 49.4 Å². The quantitative estimate of drug-likeness (QED) is 0.922. The van der Waals surface area contributed by atoms with Gasteiger partial charge in [-0.05, 0) is 29.9 Å². The number of nitrogens with one attached hydrogen (secondary N) is 1. The minimum absolute atomic E-state index is 0.0378. The molecule has 0 unspecified atom stereocenters. The molecule has 1 aromatic rings. The van der Waals surface area contributed by atoms with Crippen LogP contribution in [-0.2, 0) is 22.6 Å². The van der Waals surface area contributed by atoms with E-state index in [2.05, 4.69) is 31.3 Å². The fraction of sp³-hybridized carbons (Fsp3) is 0.600. The van der Waals surface area contributed by atoms with Gasteiger partial charge in [0.05, 0.1) is 0 Å². The molecule has 0 bridgehead atoms. The monoisotopic (exact) mass is 330 g/mol. The third kappa shape index (κ3) is 4.59. The lowest BCUT2D eigenvalue weighted by atomic mass is 9.93. The summed E-state index contributed by atoms with van der Waals surface area (Å²) in [7, 11) is 0. The van der Waals surface area contributed by atoms with Crippen LogP contribution < -0.4 is 5.32 Å². The Bertz CT molecular complexity index is 602. The van der Waals surface area contributed by atoms with Gasteiger partial charge in [0.15, 0.2) is 0 Å². The standard InChI is InChI=1S/C20H30N2O2/c1-14(2)12-17(21-19(24)20(3,4)5)18(23)22-11-10-15-8-6-7-9-16(15)13-22/h6-9,14,17H,10-13H2,1-5H3,(H,21,24)/t17-/m1/s1. The molecule has 2 amide bonds. The normalized spacial score (nSPS) is 15.8. The van der Waals surface area contributed by atoms with E-state index in [9.17, 15) is 9.59 Å². The molecule has 1 aliphatic heterocycles. The number of rotatable bonds is 4. The Kier molecular flexibility index (Phi) is 5.68. The van der Waals surface area contributed by atoms with E-state index in [1.54, 1.807) is 0 Å². The Morgan fingerprint density at radius 1 is 1.17 bits per heavy atom. The molecule has 0 saturated heterocycles. The summed E-state index contributed by atoms with van der Waals surface area (Å²) in [5, 5.41) is 2.98. The first kappa shape index (κ1) is 18.5. The van der Waals surface area contributed by atoms with Crippen molar-refractivity contribution in [1.29, 1.82) is 0 Å².